The van der Waals surface area contributed by atoms with E-state index >= 15 is 0 Å². The minimum Gasteiger partial charge on any atom is -0.454 e. The van der Waals surface area contributed by atoms with Crippen molar-refractivity contribution in [2.75, 3.05) is 19.7 Å². The Balaban J connectivity index is 1.29. The van der Waals surface area contributed by atoms with Gasteiger partial charge in [0.05, 0.1) is 24.1 Å². The van der Waals surface area contributed by atoms with Crippen LogP contribution < -0.4 is 0 Å². The van der Waals surface area contributed by atoms with Crippen LogP contribution in [0.1, 0.15) is 24.8 Å². The van der Waals surface area contributed by atoms with E-state index in [-0.39, 0.29) is 11.8 Å². The van der Waals surface area contributed by atoms with Gasteiger partial charge in [-0.15, -0.1) is 0 Å². The summed E-state index contributed by atoms with van der Waals surface area (Å²) in [6.07, 6.45) is 5.41. The number of esters is 1. The highest BCUT2D eigenvalue weighted by atomic mass is 16.5. The maximum Gasteiger partial charge on any atom is 0.326 e. The van der Waals surface area contributed by atoms with Crippen molar-refractivity contribution >= 4 is 29.4 Å². The third kappa shape index (κ3) is 3.83. The van der Waals surface area contributed by atoms with Gasteiger partial charge in [0.1, 0.15) is 6.54 Å². The molecule has 0 spiro atoms. The average Bonchev–Trinajstić information content (AvgIpc) is 3.33. The van der Waals surface area contributed by atoms with E-state index in [1.54, 1.807) is 0 Å². The molecule has 1 fully saturated rings. The van der Waals surface area contributed by atoms with Crippen LogP contribution in [0, 0.1) is 11.8 Å². The van der Waals surface area contributed by atoms with Gasteiger partial charge in [-0.2, -0.15) is 5.10 Å². The molecule has 0 unspecified atom stereocenters. The minimum atomic E-state index is -0.780. The van der Waals surface area contributed by atoms with Crippen LogP contribution in [0.4, 0.5) is 0 Å². The molecule has 2 aliphatic heterocycles. The van der Waals surface area contributed by atoms with E-state index in [1.807, 2.05) is 42.5 Å². The minimum absolute atomic E-state index is 0.343. The number of ether oxygens (including phenoxy) is 1. The summed E-state index contributed by atoms with van der Waals surface area (Å²) in [6.45, 7) is -0.522. The van der Waals surface area contributed by atoms with Crippen LogP contribution in [0.2, 0.25) is 0 Å². The van der Waals surface area contributed by atoms with Gasteiger partial charge in [-0.25, -0.2) is 5.01 Å². The fourth-order valence-electron chi connectivity index (χ4n) is 3.89. The first kappa shape index (κ1) is 19.0. The zero-order valence-corrected chi connectivity index (χ0v) is 15.8. The lowest BCUT2D eigenvalue weighted by molar-refractivity contribution is -0.156. The molecule has 150 valence electrons. The number of hydrazone groups is 1. The van der Waals surface area contributed by atoms with E-state index in [4.69, 9.17) is 4.74 Å². The first-order valence-corrected chi connectivity index (χ1v) is 9.63. The highest BCUT2D eigenvalue weighted by Gasteiger charge is 2.47. The average molecular weight is 395 g/mol. The van der Waals surface area contributed by atoms with Crippen LogP contribution >= 0.6 is 0 Å². The second kappa shape index (κ2) is 7.98. The van der Waals surface area contributed by atoms with E-state index in [0.717, 1.165) is 16.2 Å². The van der Waals surface area contributed by atoms with Crippen molar-refractivity contribution < 1.29 is 23.9 Å². The number of carbonyl (C=O) groups excluding carboxylic acids is 4. The molecule has 1 aliphatic carbocycles. The van der Waals surface area contributed by atoms with Crippen LogP contribution in [0.25, 0.3) is 0 Å². The van der Waals surface area contributed by atoms with Gasteiger partial charge in [-0.05, 0) is 18.4 Å². The smallest absolute Gasteiger partial charge is 0.326 e. The molecule has 2 heterocycles. The second-order valence-electron chi connectivity index (χ2n) is 7.26. The molecular formula is C21H21N3O5. The number of nitrogens with zero attached hydrogens (tertiary/aromatic N) is 3. The number of imide groups is 1. The lowest BCUT2D eigenvalue weighted by Crippen LogP contribution is -2.38. The van der Waals surface area contributed by atoms with Crippen LogP contribution in [0.5, 0.6) is 0 Å². The van der Waals surface area contributed by atoms with Crippen LogP contribution in [0.3, 0.4) is 0 Å². The molecule has 0 bridgehead atoms. The highest BCUT2D eigenvalue weighted by Crippen LogP contribution is 2.34. The molecule has 0 saturated carbocycles. The molecule has 1 aromatic rings. The first-order valence-electron chi connectivity index (χ1n) is 9.63. The van der Waals surface area contributed by atoms with Crippen molar-refractivity contribution in [1.29, 1.82) is 0 Å². The maximum atomic E-state index is 12.4. The summed E-state index contributed by atoms with van der Waals surface area (Å²) in [5.41, 5.74) is 1.75. The molecule has 2 atom stereocenters. The number of hydrogen-bond donors (Lipinski definition) is 0. The largest absolute Gasteiger partial charge is 0.454 e. The van der Waals surface area contributed by atoms with Gasteiger partial charge in [-0.1, -0.05) is 42.5 Å². The SMILES string of the molecule is O=C(CN1C(=O)[C@H]2CC=CC[C@H]2C1=O)OCC(=O)N1CCC(c2ccccc2)=N1. The molecule has 3 amide bonds. The van der Waals surface area contributed by atoms with Gasteiger partial charge in [0.2, 0.25) is 11.8 Å². The van der Waals surface area contributed by atoms with Gasteiger partial charge in [-0.3, -0.25) is 24.1 Å². The Bertz CT molecular complexity index is 882. The summed E-state index contributed by atoms with van der Waals surface area (Å²) >= 11 is 0. The molecule has 0 N–H and O–H groups in total. The third-order valence-electron chi connectivity index (χ3n) is 5.44. The maximum absolute atomic E-state index is 12.4. The van der Waals surface area contributed by atoms with Gasteiger partial charge < -0.3 is 4.74 Å². The van der Waals surface area contributed by atoms with Gasteiger partial charge in [0, 0.05) is 6.42 Å². The quantitative estimate of drug-likeness (QED) is 0.423. The number of rotatable bonds is 5. The topological polar surface area (TPSA) is 96.3 Å². The molecule has 3 aliphatic rings. The predicted molar refractivity (Wildman–Crippen MR) is 102 cm³/mol. The number of carbonyl (C=O) groups is 4. The van der Waals surface area contributed by atoms with Gasteiger partial charge >= 0.3 is 5.97 Å². The van der Waals surface area contributed by atoms with Crippen molar-refractivity contribution in [3.63, 3.8) is 0 Å². The Hall–Kier alpha value is -3.29. The number of hydrogen-bond acceptors (Lipinski definition) is 6. The van der Waals surface area contributed by atoms with Crippen LogP contribution in [-0.4, -0.2) is 59.0 Å². The number of fused-ring (bicyclic) bond motifs is 1. The monoisotopic (exact) mass is 395 g/mol. The lowest BCUT2D eigenvalue weighted by Gasteiger charge is -2.15. The zero-order valence-electron chi connectivity index (χ0n) is 15.8. The molecule has 8 heteroatoms. The van der Waals surface area contributed by atoms with E-state index < -0.39 is 36.9 Å². The normalized spacial score (nSPS) is 23.2. The van der Waals surface area contributed by atoms with Crippen molar-refractivity contribution in [3.05, 3.63) is 48.0 Å². The van der Waals surface area contributed by atoms with Crippen LogP contribution in [0.15, 0.2) is 47.6 Å². The predicted octanol–water partition coefficient (Wildman–Crippen LogP) is 1.12. The molecule has 1 saturated heterocycles. The van der Waals surface area contributed by atoms with E-state index in [1.165, 1.54) is 5.01 Å². The number of likely N-dealkylation sites (tertiary alicyclic amines) is 1. The fourth-order valence-corrected chi connectivity index (χ4v) is 3.89. The summed E-state index contributed by atoms with van der Waals surface area (Å²) in [5.74, 6) is -2.69. The third-order valence-corrected chi connectivity index (χ3v) is 5.44. The van der Waals surface area contributed by atoms with Crippen molar-refractivity contribution in [2.45, 2.75) is 19.3 Å². The summed E-state index contributed by atoms with van der Waals surface area (Å²) < 4.78 is 5.01. The molecule has 1 aromatic carbocycles. The van der Waals surface area contributed by atoms with Crippen molar-refractivity contribution in [3.8, 4) is 0 Å². The molecule has 4 rings (SSSR count). The summed E-state index contributed by atoms with van der Waals surface area (Å²) in [7, 11) is 0. The fraction of sp³-hybridized carbons (Fsp3) is 0.381. The highest BCUT2D eigenvalue weighted by molar-refractivity contribution is 6.07. The van der Waals surface area contributed by atoms with Gasteiger partial charge in [0.15, 0.2) is 6.61 Å². The molecule has 0 radical (unpaired) electrons. The van der Waals surface area contributed by atoms with E-state index in [9.17, 15) is 19.2 Å². The summed E-state index contributed by atoms with van der Waals surface area (Å²) in [4.78, 5) is 50.1. The van der Waals surface area contributed by atoms with Crippen LogP contribution in [-0.2, 0) is 23.9 Å². The zero-order chi connectivity index (χ0) is 20.4. The summed E-state index contributed by atoms with van der Waals surface area (Å²) in [5, 5.41) is 5.58. The van der Waals surface area contributed by atoms with Gasteiger partial charge in [0.25, 0.3) is 5.91 Å². The molecular weight excluding hydrogens is 374 g/mol. The molecule has 0 aromatic heterocycles. The molecule has 8 nitrogen and oxygen atoms in total. The second-order valence-corrected chi connectivity index (χ2v) is 7.26. The van der Waals surface area contributed by atoms with Crippen molar-refractivity contribution in [2.24, 2.45) is 16.9 Å². The Labute approximate surface area is 167 Å². The van der Waals surface area contributed by atoms with E-state index in [0.29, 0.717) is 25.8 Å². The Morgan fingerprint density at radius 2 is 1.69 bits per heavy atom. The number of allylic oxidation sites excluding steroid dienone is 2. The Morgan fingerprint density at radius 1 is 1.03 bits per heavy atom. The Kier molecular flexibility index (Phi) is 5.24. The van der Waals surface area contributed by atoms with Crippen molar-refractivity contribution in [1.82, 2.24) is 9.91 Å². The summed E-state index contributed by atoms with van der Waals surface area (Å²) in [6, 6.07) is 9.55. The Morgan fingerprint density at radius 3 is 2.34 bits per heavy atom. The molecule has 29 heavy (non-hydrogen) atoms. The number of benzene rings is 1. The first-order chi connectivity index (χ1) is 14.0. The van der Waals surface area contributed by atoms with E-state index in [2.05, 4.69) is 5.10 Å². The lowest BCUT2D eigenvalue weighted by atomic mass is 9.85. The standard InChI is InChI=1S/C21H21N3O5/c25-18(24-11-10-17(22-24)14-6-2-1-3-7-14)13-29-19(26)12-23-20(27)15-8-4-5-9-16(15)21(23)28/h1-7,15-16H,8-13H2/t15-,16+. The number of amides is 3.